The first-order valence-electron chi connectivity index (χ1n) is 4.84. The highest BCUT2D eigenvalue weighted by Crippen LogP contribution is 2.29. The maximum atomic E-state index is 10.6. The standard InChI is InChI=1S/C11H12BrNO4/c1-7(12)6-17-11-4-3-9(13(15)16)5-10(11)8(2)14/h3-5,8,14H,1,6H2,2H3. The topological polar surface area (TPSA) is 72.6 Å². The summed E-state index contributed by atoms with van der Waals surface area (Å²) in [6.07, 6.45) is -0.839. The second-order valence-electron chi connectivity index (χ2n) is 3.46. The quantitative estimate of drug-likeness (QED) is 0.670. The van der Waals surface area contributed by atoms with Crippen molar-refractivity contribution in [1.82, 2.24) is 0 Å². The Morgan fingerprint density at radius 3 is 2.82 bits per heavy atom. The zero-order chi connectivity index (χ0) is 13.0. The first kappa shape index (κ1) is 13.7. The molecule has 0 aliphatic heterocycles. The Balaban J connectivity index is 3.04. The highest BCUT2D eigenvalue weighted by molar-refractivity contribution is 9.11. The summed E-state index contributed by atoms with van der Waals surface area (Å²) in [6, 6.07) is 4.10. The Hall–Kier alpha value is -1.40. The third-order valence-corrected chi connectivity index (χ3v) is 2.27. The average molecular weight is 302 g/mol. The lowest BCUT2D eigenvalue weighted by Gasteiger charge is -2.12. The molecule has 0 aliphatic carbocycles. The van der Waals surface area contributed by atoms with Gasteiger partial charge in [-0.1, -0.05) is 22.5 Å². The van der Waals surface area contributed by atoms with E-state index in [0.717, 1.165) is 0 Å². The van der Waals surface area contributed by atoms with Crippen molar-refractivity contribution in [3.05, 3.63) is 44.9 Å². The predicted molar refractivity (Wildman–Crippen MR) is 67.3 cm³/mol. The molecule has 0 fully saturated rings. The van der Waals surface area contributed by atoms with Gasteiger partial charge in [0, 0.05) is 22.2 Å². The number of hydrogen-bond donors (Lipinski definition) is 1. The minimum atomic E-state index is -0.839. The summed E-state index contributed by atoms with van der Waals surface area (Å²) in [5, 5.41) is 20.2. The van der Waals surface area contributed by atoms with E-state index >= 15 is 0 Å². The molecule has 0 saturated carbocycles. The number of nitro benzene ring substituents is 1. The molecule has 1 N–H and O–H groups in total. The summed E-state index contributed by atoms with van der Waals surface area (Å²) >= 11 is 3.14. The Morgan fingerprint density at radius 2 is 2.35 bits per heavy atom. The number of aliphatic hydroxyl groups excluding tert-OH is 1. The normalized spacial score (nSPS) is 11.9. The fourth-order valence-electron chi connectivity index (χ4n) is 1.26. The maximum Gasteiger partial charge on any atom is 0.270 e. The van der Waals surface area contributed by atoms with E-state index in [-0.39, 0.29) is 12.3 Å². The Kier molecular flexibility index (Phi) is 4.65. The molecule has 1 rings (SSSR count). The molecule has 92 valence electrons. The van der Waals surface area contributed by atoms with Gasteiger partial charge >= 0.3 is 0 Å². The lowest BCUT2D eigenvalue weighted by Crippen LogP contribution is -2.03. The number of ether oxygens (including phenoxy) is 1. The molecule has 17 heavy (non-hydrogen) atoms. The van der Waals surface area contributed by atoms with Crippen LogP contribution in [0.15, 0.2) is 29.3 Å². The largest absolute Gasteiger partial charge is 0.488 e. The summed E-state index contributed by atoms with van der Waals surface area (Å²) in [6.45, 7) is 5.37. The van der Waals surface area contributed by atoms with E-state index in [4.69, 9.17) is 4.74 Å². The lowest BCUT2D eigenvalue weighted by atomic mass is 10.1. The SMILES string of the molecule is C=C(Br)COc1ccc([N+](=O)[O-])cc1C(C)O. The van der Waals surface area contributed by atoms with Crippen molar-refractivity contribution in [1.29, 1.82) is 0 Å². The number of halogens is 1. The van der Waals surface area contributed by atoms with E-state index in [9.17, 15) is 15.2 Å². The highest BCUT2D eigenvalue weighted by Gasteiger charge is 2.15. The van der Waals surface area contributed by atoms with Crippen LogP contribution in [-0.4, -0.2) is 16.6 Å². The van der Waals surface area contributed by atoms with Crippen LogP contribution in [-0.2, 0) is 0 Å². The Bertz CT molecular complexity index is 445. The molecule has 1 aromatic carbocycles. The zero-order valence-corrected chi connectivity index (χ0v) is 10.8. The van der Waals surface area contributed by atoms with Crippen LogP contribution in [0.25, 0.3) is 0 Å². The van der Waals surface area contributed by atoms with Crippen LogP contribution in [0.2, 0.25) is 0 Å². The van der Waals surface area contributed by atoms with E-state index in [1.807, 2.05) is 0 Å². The van der Waals surface area contributed by atoms with Crippen molar-refractivity contribution in [2.75, 3.05) is 6.61 Å². The van der Waals surface area contributed by atoms with Gasteiger partial charge < -0.3 is 9.84 Å². The first-order chi connectivity index (χ1) is 7.91. The summed E-state index contributed by atoms with van der Waals surface area (Å²) in [4.78, 5) is 10.1. The summed E-state index contributed by atoms with van der Waals surface area (Å²) in [5.41, 5.74) is 0.305. The van der Waals surface area contributed by atoms with Gasteiger partial charge in [-0.25, -0.2) is 0 Å². The first-order valence-corrected chi connectivity index (χ1v) is 5.63. The molecule has 0 aliphatic rings. The fourth-order valence-corrected chi connectivity index (χ4v) is 1.38. The molecule has 1 aromatic rings. The van der Waals surface area contributed by atoms with Crippen LogP contribution in [0.4, 0.5) is 5.69 Å². The number of aliphatic hydroxyl groups is 1. The van der Waals surface area contributed by atoms with Crippen molar-refractivity contribution in [3.8, 4) is 5.75 Å². The number of rotatable bonds is 5. The summed E-state index contributed by atoms with van der Waals surface area (Å²) in [7, 11) is 0. The second-order valence-corrected chi connectivity index (χ2v) is 4.58. The van der Waals surface area contributed by atoms with Crippen molar-refractivity contribution < 1.29 is 14.8 Å². The minimum Gasteiger partial charge on any atom is -0.488 e. The molecule has 0 saturated heterocycles. The molecule has 1 unspecified atom stereocenters. The van der Waals surface area contributed by atoms with Gasteiger partial charge in [0.25, 0.3) is 5.69 Å². The molecule has 5 nitrogen and oxygen atoms in total. The molecule has 0 bridgehead atoms. The van der Waals surface area contributed by atoms with Crippen LogP contribution < -0.4 is 4.74 Å². The summed E-state index contributed by atoms with van der Waals surface area (Å²) in [5.74, 6) is 0.409. The van der Waals surface area contributed by atoms with Gasteiger partial charge in [-0.15, -0.1) is 0 Å². The van der Waals surface area contributed by atoms with Crippen LogP contribution in [0.1, 0.15) is 18.6 Å². The number of nitrogens with zero attached hydrogens (tertiary/aromatic N) is 1. The van der Waals surface area contributed by atoms with Gasteiger partial charge in [0.2, 0.25) is 0 Å². The molecular formula is C11H12BrNO4. The van der Waals surface area contributed by atoms with Gasteiger partial charge in [-0.3, -0.25) is 10.1 Å². The van der Waals surface area contributed by atoms with Gasteiger partial charge in [-0.05, 0) is 13.0 Å². The fraction of sp³-hybridized carbons (Fsp3) is 0.273. The molecule has 0 spiro atoms. The number of benzene rings is 1. The van der Waals surface area contributed by atoms with Crippen molar-refractivity contribution in [3.63, 3.8) is 0 Å². The minimum absolute atomic E-state index is 0.0779. The monoisotopic (exact) mass is 301 g/mol. The van der Waals surface area contributed by atoms with E-state index in [2.05, 4.69) is 22.5 Å². The molecular weight excluding hydrogens is 290 g/mol. The maximum absolute atomic E-state index is 10.6. The van der Waals surface area contributed by atoms with Crippen LogP contribution in [0, 0.1) is 10.1 Å². The average Bonchev–Trinajstić information content (AvgIpc) is 2.25. The van der Waals surface area contributed by atoms with E-state index < -0.39 is 11.0 Å². The Labute approximate surface area is 107 Å². The van der Waals surface area contributed by atoms with E-state index in [0.29, 0.717) is 15.8 Å². The third kappa shape index (κ3) is 3.83. The van der Waals surface area contributed by atoms with Crippen molar-refractivity contribution >= 4 is 21.6 Å². The van der Waals surface area contributed by atoms with Crippen LogP contribution in [0.5, 0.6) is 5.75 Å². The third-order valence-electron chi connectivity index (χ3n) is 2.04. The van der Waals surface area contributed by atoms with Crippen LogP contribution in [0.3, 0.4) is 0 Å². The molecule has 6 heteroatoms. The molecule has 0 radical (unpaired) electrons. The van der Waals surface area contributed by atoms with E-state index in [1.54, 1.807) is 0 Å². The van der Waals surface area contributed by atoms with Gasteiger partial charge in [0.1, 0.15) is 12.4 Å². The molecule has 0 heterocycles. The van der Waals surface area contributed by atoms with Gasteiger partial charge in [-0.2, -0.15) is 0 Å². The van der Waals surface area contributed by atoms with Crippen LogP contribution >= 0.6 is 15.9 Å². The van der Waals surface area contributed by atoms with E-state index in [1.165, 1.54) is 25.1 Å². The number of hydrogen-bond acceptors (Lipinski definition) is 4. The smallest absolute Gasteiger partial charge is 0.270 e. The van der Waals surface area contributed by atoms with Gasteiger partial charge in [0.05, 0.1) is 11.0 Å². The highest BCUT2D eigenvalue weighted by atomic mass is 79.9. The molecule has 0 aromatic heterocycles. The van der Waals surface area contributed by atoms with Gasteiger partial charge in [0.15, 0.2) is 0 Å². The zero-order valence-electron chi connectivity index (χ0n) is 9.22. The van der Waals surface area contributed by atoms with Crippen molar-refractivity contribution in [2.24, 2.45) is 0 Å². The predicted octanol–water partition coefficient (Wildman–Crippen LogP) is 2.94. The summed E-state index contributed by atoms with van der Waals surface area (Å²) < 4.78 is 6.01. The number of nitro groups is 1. The second kappa shape index (κ2) is 5.79. The lowest BCUT2D eigenvalue weighted by molar-refractivity contribution is -0.385. The van der Waals surface area contributed by atoms with Crippen molar-refractivity contribution in [2.45, 2.75) is 13.0 Å². The number of non-ortho nitro benzene ring substituents is 1. The molecule has 1 atom stereocenters. The molecule has 0 amide bonds. The Morgan fingerprint density at radius 1 is 1.71 bits per heavy atom.